The van der Waals surface area contributed by atoms with Crippen LogP contribution in [0.2, 0.25) is 0 Å². The Kier molecular flexibility index (Phi) is 1.83. The molecule has 0 saturated carbocycles. The van der Waals surface area contributed by atoms with Gasteiger partial charge in [0.15, 0.2) is 0 Å². The summed E-state index contributed by atoms with van der Waals surface area (Å²) in [4.78, 5) is 15.1. The fraction of sp³-hybridized carbons (Fsp3) is 0.556. The van der Waals surface area contributed by atoms with E-state index in [2.05, 4.69) is 4.98 Å². The summed E-state index contributed by atoms with van der Waals surface area (Å²) in [6, 6.07) is 0. The van der Waals surface area contributed by atoms with Gasteiger partial charge in [0, 0.05) is 19.2 Å². The average Bonchev–Trinajstić information content (AvgIpc) is 2.42. The Bertz CT molecular complexity index is 343. The van der Waals surface area contributed by atoms with Gasteiger partial charge in [0.2, 0.25) is 0 Å². The average molecular weight is 180 g/mol. The van der Waals surface area contributed by atoms with Gasteiger partial charge in [-0.3, -0.25) is 4.79 Å². The number of aliphatic carboxylic acids is 1. The molecule has 70 valence electrons. The maximum atomic E-state index is 10.7. The van der Waals surface area contributed by atoms with Crippen molar-refractivity contribution in [1.82, 2.24) is 9.55 Å². The zero-order valence-corrected chi connectivity index (χ0v) is 7.53. The van der Waals surface area contributed by atoms with E-state index in [1.54, 1.807) is 0 Å². The van der Waals surface area contributed by atoms with Crippen molar-refractivity contribution in [2.45, 2.75) is 26.3 Å². The minimum absolute atomic E-state index is 0.235. The fourth-order valence-corrected chi connectivity index (χ4v) is 1.79. The summed E-state index contributed by atoms with van der Waals surface area (Å²) in [5, 5.41) is 8.84. The summed E-state index contributed by atoms with van der Waals surface area (Å²) in [6.45, 7) is 2.51. The Morgan fingerprint density at radius 2 is 2.54 bits per heavy atom. The first-order chi connectivity index (χ1) is 6.16. The zero-order chi connectivity index (χ0) is 9.42. The highest BCUT2D eigenvalue weighted by Gasteiger charge is 2.24. The molecule has 4 nitrogen and oxygen atoms in total. The van der Waals surface area contributed by atoms with Crippen LogP contribution in [0.5, 0.6) is 0 Å². The number of nitrogens with zero attached hydrogens (tertiary/aromatic N) is 2. The lowest BCUT2D eigenvalue weighted by Gasteiger charge is -2.19. The van der Waals surface area contributed by atoms with Crippen molar-refractivity contribution in [3.63, 3.8) is 0 Å². The summed E-state index contributed by atoms with van der Waals surface area (Å²) < 4.78 is 1.96. The van der Waals surface area contributed by atoms with Crippen LogP contribution in [-0.4, -0.2) is 20.6 Å². The van der Waals surface area contributed by atoms with Crippen molar-refractivity contribution < 1.29 is 9.90 Å². The maximum absolute atomic E-state index is 10.7. The molecule has 2 rings (SSSR count). The minimum atomic E-state index is -0.697. The standard InChI is InChI=1S/C9H12N2O2/c1-6-4-11-5-7(9(12)13)2-3-8(11)10-6/h4,7H,2-3,5H2,1H3,(H,12,13)/t7-/m0/s1. The van der Waals surface area contributed by atoms with Crippen LogP contribution in [0.4, 0.5) is 0 Å². The van der Waals surface area contributed by atoms with Crippen molar-refractivity contribution in [3.8, 4) is 0 Å². The number of hydrogen-bond acceptors (Lipinski definition) is 2. The highest BCUT2D eigenvalue weighted by molar-refractivity contribution is 5.70. The van der Waals surface area contributed by atoms with Gasteiger partial charge in [-0.05, 0) is 13.3 Å². The number of rotatable bonds is 1. The molecule has 1 aromatic heterocycles. The quantitative estimate of drug-likeness (QED) is 0.696. The number of aromatic nitrogens is 2. The predicted octanol–water partition coefficient (Wildman–Crippen LogP) is 0.839. The third-order valence-electron chi connectivity index (χ3n) is 2.46. The molecule has 0 bridgehead atoms. The number of carboxylic acid groups (broad SMARTS) is 1. The van der Waals surface area contributed by atoms with Gasteiger partial charge in [-0.25, -0.2) is 4.98 Å². The van der Waals surface area contributed by atoms with Gasteiger partial charge < -0.3 is 9.67 Å². The third kappa shape index (κ3) is 1.43. The maximum Gasteiger partial charge on any atom is 0.308 e. The highest BCUT2D eigenvalue weighted by atomic mass is 16.4. The van der Waals surface area contributed by atoms with E-state index in [-0.39, 0.29) is 5.92 Å². The Morgan fingerprint density at radius 1 is 1.77 bits per heavy atom. The number of carboxylic acids is 1. The molecule has 0 unspecified atom stereocenters. The topological polar surface area (TPSA) is 55.1 Å². The van der Waals surface area contributed by atoms with Crippen LogP contribution in [0.1, 0.15) is 17.9 Å². The van der Waals surface area contributed by atoms with E-state index >= 15 is 0 Å². The van der Waals surface area contributed by atoms with E-state index < -0.39 is 5.97 Å². The fourth-order valence-electron chi connectivity index (χ4n) is 1.79. The minimum Gasteiger partial charge on any atom is -0.481 e. The van der Waals surface area contributed by atoms with E-state index in [4.69, 9.17) is 5.11 Å². The molecule has 0 spiro atoms. The van der Waals surface area contributed by atoms with Gasteiger partial charge in [-0.1, -0.05) is 0 Å². The molecule has 0 fully saturated rings. The molecule has 0 aromatic carbocycles. The number of carbonyl (C=O) groups is 1. The molecule has 2 heterocycles. The number of fused-ring (bicyclic) bond motifs is 1. The SMILES string of the molecule is Cc1cn2c(n1)CC[C@H](C(=O)O)C2. The first-order valence-corrected chi connectivity index (χ1v) is 4.42. The second kappa shape index (κ2) is 2.87. The molecule has 0 aliphatic carbocycles. The summed E-state index contributed by atoms with van der Waals surface area (Å²) in [5.74, 6) is 0.0908. The molecule has 0 radical (unpaired) electrons. The van der Waals surface area contributed by atoms with Crippen LogP contribution in [0, 0.1) is 12.8 Å². The van der Waals surface area contributed by atoms with Crippen molar-refractivity contribution in [3.05, 3.63) is 17.7 Å². The van der Waals surface area contributed by atoms with Crippen LogP contribution in [0.25, 0.3) is 0 Å². The molecule has 1 N–H and O–H groups in total. The lowest BCUT2D eigenvalue weighted by molar-refractivity contribution is -0.142. The van der Waals surface area contributed by atoms with Crippen molar-refractivity contribution in [2.24, 2.45) is 5.92 Å². The largest absolute Gasteiger partial charge is 0.481 e. The molecule has 1 atom stereocenters. The Labute approximate surface area is 76.2 Å². The van der Waals surface area contributed by atoms with Gasteiger partial charge >= 0.3 is 5.97 Å². The second-order valence-electron chi connectivity index (χ2n) is 3.52. The first-order valence-electron chi connectivity index (χ1n) is 4.42. The molecule has 1 aliphatic heterocycles. The Morgan fingerprint density at radius 3 is 3.23 bits per heavy atom. The van der Waals surface area contributed by atoms with Crippen LogP contribution in [0.3, 0.4) is 0 Å². The molecule has 1 aromatic rings. The summed E-state index contributed by atoms with van der Waals surface area (Å²) in [7, 11) is 0. The molecule has 1 aliphatic rings. The Balaban J connectivity index is 2.24. The van der Waals surface area contributed by atoms with Crippen molar-refractivity contribution in [2.75, 3.05) is 0 Å². The molecule has 0 saturated heterocycles. The third-order valence-corrected chi connectivity index (χ3v) is 2.46. The summed E-state index contributed by atoms with van der Waals surface area (Å²) in [6.07, 6.45) is 3.42. The predicted molar refractivity (Wildman–Crippen MR) is 46.4 cm³/mol. The van der Waals surface area contributed by atoms with Crippen LogP contribution >= 0.6 is 0 Å². The highest BCUT2D eigenvalue weighted by Crippen LogP contribution is 2.19. The smallest absolute Gasteiger partial charge is 0.308 e. The zero-order valence-electron chi connectivity index (χ0n) is 7.53. The lowest BCUT2D eigenvalue weighted by Crippen LogP contribution is -2.26. The van der Waals surface area contributed by atoms with E-state index in [1.807, 2.05) is 17.7 Å². The van der Waals surface area contributed by atoms with Crippen molar-refractivity contribution >= 4 is 5.97 Å². The molecule has 4 heteroatoms. The van der Waals surface area contributed by atoms with Gasteiger partial charge in [-0.15, -0.1) is 0 Å². The molecular weight excluding hydrogens is 168 g/mol. The normalized spacial score (nSPS) is 21.2. The van der Waals surface area contributed by atoms with Crippen LogP contribution < -0.4 is 0 Å². The summed E-state index contributed by atoms with van der Waals surface area (Å²) in [5.41, 5.74) is 0.973. The van der Waals surface area contributed by atoms with Crippen molar-refractivity contribution in [1.29, 1.82) is 0 Å². The van der Waals surface area contributed by atoms with Gasteiger partial charge in [-0.2, -0.15) is 0 Å². The van der Waals surface area contributed by atoms with E-state index in [0.717, 1.165) is 17.9 Å². The van der Waals surface area contributed by atoms with E-state index in [0.29, 0.717) is 13.0 Å². The van der Waals surface area contributed by atoms with Crippen LogP contribution in [0.15, 0.2) is 6.20 Å². The number of hydrogen-bond donors (Lipinski definition) is 1. The first kappa shape index (κ1) is 8.29. The van der Waals surface area contributed by atoms with Gasteiger partial charge in [0.05, 0.1) is 11.6 Å². The summed E-state index contributed by atoms with van der Waals surface area (Å²) >= 11 is 0. The van der Waals surface area contributed by atoms with E-state index in [9.17, 15) is 4.79 Å². The monoisotopic (exact) mass is 180 g/mol. The second-order valence-corrected chi connectivity index (χ2v) is 3.52. The van der Waals surface area contributed by atoms with Gasteiger partial charge in [0.1, 0.15) is 5.82 Å². The number of imidazole rings is 1. The molecule has 0 amide bonds. The van der Waals surface area contributed by atoms with Gasteiger partial charge in [0.25, 0.3) is 0 Å². The van der Waals surface area contributed by atoms with Crippen LogP contribution in [-0.2, 0) is 17.8 Å². The molecule has 13 heavy (non-hydrogen) atoms. The lowest BCUT2D eigenvalue weighted by atomic mass is 10.00. The number of aryl methyl sites for hydroxylation is 2. The van der Waals surface area contributed by atoms with E-state index in [1.165, 1.54) is 0 Å². The Hall–Kier alpha value is -1.32. The molecular formula is C9H12N2O2.